The number of aryl methyl sites for hydroxylation is 1. The Bertz CT molecular complexity index is 882. The maximum absolute atomic E-state index is 12.9. The van der Waals surface area contributed by atoms with Crippen molar-refractivity contribution < 1.29 is 9.18 Å². The number of halogens is 1. The Hall–Kier alpha value is -2.60. The third-order valence-corrected chi connectivity index (χ3v) is 5.02. The van der Waals surface area contributed by atoms with Crippen LogP contribution in [-0.2, 0) is 17.8 Å². The van der Waals surface area contributed by atoms with E-state index in [1.165, 1.54) is 12.1 Å². The third-order valence-electron chi connectivity index (χ3n) is 4.05. The zero-order valence-corrected chi connectivity index (χ0v) is 14.2. The van der Waals surface area contributed by atoms with Crippen molar-refractivity contribution in [2.75, 3.05) is 11.1 Å². The molecule has 2 aromatic carbocycles. The van der Waals surface area contributed by atoms with Crippen molar-refractivity contribution in [1.29, 1.82) is 0 Å². The summed E-state index contributed by atoms with van der Waals surface area (Å²) in [4.78, 5) is 16.7. The van der Waals surface area contributed by atoms with Gasteiger partial charge in [0.1, 0.15) is 5.82 Å². The smallest absolute Gasteiger partial charge is 0.228 e. The first kappa shape index (κ1) is 15.9. The second-order valence-electron chi connectivity index (χ2n) is 5.88. The molecule has 2 heterocycles. The highest BCUT2D eigenvalue weighted by molar-refractivity contribution is 7.99. The minimum atomic E-state index is -0.302. The number of carbonyl (C=O) groups excluding carboxylic acids is 1. The van der Waals surface area contributed by atoms with Crippen LogP contribution < -0.4 is 5.32 Å². The van der Waals surface area contributed by atoms with Crippen molar-refractivity contribution >= 4 is 23.4 Å². The van der Waals surface area contributed by atoms with Gasteiger partial charge in [-0.1, -0.05) is 36.0 Å². The lowest BCUT2D eigenvalue weighted by Gasteiger charge is -2.06. The van der Waals surface area contributed by atoms with Crippen LogP contribution in [0.3, 0.4) is 0 Å². The van der Waals surface area contributed by atoms with Crippen LogP contribution >= 0.6 is 11.8 Å². The van der Waals surface area contributed by atoms with Gasteiger partial charge in [-0.05, 0) is 29.8 Å². The average Bonchev–Trinajstić information content (AvgIpc) is 3.19. The minimum Gasteiger partial charge on any atom is -0.326 e. The second-order valence-corrected chi connectivity index (χ2v) is 6.94. The Balaban J connectivity index is 1.41. The van der Waals surface area contributed by atoms with Crippen molar-refractivity contribution in [2.45, 2.75) is 18.1 Å². The molecule has 0 saturated heterocycles. The van der Waals surface area contributed by atoms with Crippen LogP contribution in [0.5, 0.6) is 0 Å². The summed E-state index contributed by atoms with van der Waals surface area (Å²) in [7, 11) is 0. The van der Waals surface area contributed by atoms with E-state index in [2.05, 4.69) is 21.1 Å². The molecular weight excluding hydrogens is 337 g/mol. The Labute approximate surface area is 149 Å². The number of aromatic nitrogens is 2. The van der Waals surface area contributed by atoms with Crippen molar-refractivity contribution in [3.8, 4) is 11.3 Å². The van der Waals surface area contributed by atoms with Gasteiger partial charge in [-0.2, -0.15) is 0 Å². The topological polar surface area (TPSA) is 46.9 Å². The molecule has 0 unspecified atom stereocenters. The Kier molecular flexibility index (Phi) is 4.28. The second kappa shape index (κ2) is 6.72. The summed E-state index contributed by atoms with van der Waals surface area (Å²) < 4.78 is 15.1. The van der Waals surface area contributed by atoms with Gasteiger partial charge in [0.15, 0.2) is 5.16 Å². The van der Waals surface area contributed by atoms with Gasteiger partial charge in [-0.15, -0.1) is 0 Å². The van der Waals surface area contributed by atoms with Crippen molar-refractivity contribution in [2.24, 2.45) is 0 Å². The normalized spacial score (nSPS) is 12.8. The molecule has 4 nitrogen and oxygen atoms in total. The molecule has 4 rings (SSSR count). The molecule has 0 radical (unpaired) electrons. The number of anilines is 1. The van der Waals surface area contributed by atoms with Crippen molar-refractivity contribution in [3.63, 3.8) is 0 Å². The zero-order valence-electron chi connectivity index (χ0n) is 13.4. The molecule has 0 spiro atoms. The third kappa shape index (κ3) is 3.58. The molecule has 1 aromatic heterocycles. The van der Waals surface area contributed by atoms with E-state index in [0.717, 1.165) is 40.0 Å². The summed E-state index contributed by atoms with van der Waals surface area (Å²) in [5.74, 6) is 0.655. The molecule has 1 aliphatic heterocycles. The first-order chi connectivity index (χ1) is 12.2. The molecule has 1 N–H and O–H groups in total. The number of hydrogen-bond acceptors (Lipinski definition) is 3. The highest BCUT2D eigenvalue weighted by Gasteiger charge is 2.15. The maximum Gasteiger partial charge on any atom is 0.228 e. The quantitative estimate of drug-likeness (QED) is 0.772. The van der Waals surface area contributed by atoms with Crippen LogP contribution in [-0.4, -0.2) is 21.2 Å². The van der Waals surface area contributed by atoms with Gasteiger partial charge in [-0.3, -0.25) is 4.79 Å². The number of hydrogen-bond donors (Lipinski definition) is 1. The Morgan fingerprint density at radius 3 is 2.64 bits per heavy atom. The number of nitrogens with one attached hydrogen (secondary N) is 1. The standard InChI is InChI=1S/C19H16FN3OS/c20-15-5-1-13(2-6-15)11-18(24)21-16-7-3-14(4-8-16)17-12-23-9-10-25-19(23)22-17/h1-8,12H,9-11H2,(H,21,24). The molecule has 0 aliphatic carbocycles. The first-order valence-corrected chi connectivity index (χ1v) is 9.01. The van der Waals surface area contributed by atoms with E-state index in [9.17, 15) is 9.18 Å². The number of benzene rings is 2. The average molecular weight is 353 g/mol. The highest BCUT2D eigenvalue weighted by Crippen LogP contribution is 2.29. The molecule has 3 aromatic rings. The van der Waals surface area contributed by atoms with E-state index in [4.69, 9.17) is 0 Å². The number of fused-ring (bicyclic) bond motifs is 1. The molecule has 0 fully saturated rings. The molecular formula is C19H16FN3OS. The number of imidazole rings is 1. The van der Waals surface area contributed by atoms with Crippen molar-refractivity contribution in [1.82, 2.24) is 9.55 Å². The fourth-order valence-electron chi connectivity index (χ4n) is 2.77. The monoisotopic (exact) mass is 353 g/mol. The Morgan fingerprint density at radius 2 is 1.92 bits per heavy atom. The zero-order chi connectivity index (χ0) is 17.2. The molecule has 25 heavy (non-hydrogen) atoms. The van der Waals surface area contributed by atoms with E-state index in [-0.39, 0.29) is 18.1 Å². The van der Waals surface area contributed by atoms with Gasteiger partial charge in [0, 0.05) is 29.7 Å². The maximum atomic E-state index is 12.9. The molecule has 126 valence electrons. The summed E-state index contributed by atoms with van der Waals surface area (Å²) in [6.07, 6.45) is 2.28. The van der Waals surface area contributed by atoms with Gasteiger partial charge in [0.25, 0.3) is 0 Å². The fraction of sp³-hybridized carbons (Fsp3) is 0.158. The van der Waals surface area contributed by atoms with Crippen LogP contribution in [0.25, 0.3) is 11.3 Å². The number of nitrogens with zero attached hydrogens (tertiary/aromatic N) is 2. The first-order valence-electron chi connectivity index (χ1n) is 8.02. The van der Waals surface area contributed by atoms with Crippen LogP contribution in [0.2, 0.25) is 0 Å². The minimum absolute atomic E-state index is 0.128. The van der Waals surface area contributed by atoms with E-state index in [0.29, 0.717) is 0 Å². The lowest BCUT2D eigenvalue weighted by molar-refractivity contribution is -0.115. The van der Waals surface area contributed by atoms with E-state index >= 15 is 0 Å². The molecule has 0 bridgehead atoms. The van der Waals surface area contributed by atoms with Gasteiger partial charge in [0.2, 0.25) is 5.91 Å². The lowest BCUT2D eigenvalue weighted by atomic mass is 10.1. The van der Waals surface area contributed by atoms with E-state index < -0.39 is 0 Å². The molecule has 6 heteroatoms. The fourth-order valence-corrected chi connectivity index (χ4v) is 3.71. The number of rotatable bonds is 4. The van der Waals surface area contributed by atoms with E-state index in [1.54, 1.807) is 23.9 Å². The predicted octanol–water partition coefficient (Wildman–Crippen LogP) is 3.98. The SMILES string of the molecule is O=C(Cc1ccc(F)cc1)Nc1ccc(-c2cn3c(n2)SCC3)cc1. The molecule has 0 atom stereocenters. The summed E-state index contributed by atoms with van der Waals surface area (Å²) in [5, 5.41) is 3.92. The predicted molar refractivity (Wildman–Crippen MR) is 97.1 cm³/mol. The number of thioether (sulfide) groups is 1. The number of amides is 1. The van der Waals surface area contributed by atoms with Crippen LogP contribution in [0, 0.1) is 5.82 Å². The summed E-state index contributed by atoms with van der Waals surface area (Å²) in [5.41, 5.74) is 3.49. The van der Waals surface area contributed by atoms with Gasteiger partial charge >= 0.3 is 0 Å². The van der Waals surface area contributed by atoms with Gasteiger partial charge in [-0.25, -0.2) is 9.37 Å². The molecule has 1 amide bonds. The summed E-state index contributed by atoms with van der Waals surface area (Å²) >= 11 is 1.77. The highest BCUT2D eigenvalue weighted by atomic mass is 32.2. The van der Waals surface area contributed by atoms with Crippen molar-refractivity contribution in [3.05, 3.63) is 66.1 Å². The van der Waals surface area contributed by atoms with Crippen LogP contribution in [0.1, 0.15) is 5.56 Å². The van der Waals surface area contributed by atoms with Gasteiger partial charge < -0.3 is 9.88 Å². The molecule has 0 saturated carbocycles. The molecule has 1 aliphatic rings. The number of carbonyl (C=O) groups is 1. The summed E-state index contributed by atoms with van der Waals surface area (Å²) in [6.45, 7) is 1.00. The van der Waals surface area contributed by atoms with Gasteiger partial charge in [0.05, 0.1) is 12.1 Å². The lowest BCUT2D eigenvalue weighted by Crippen LogP contribution is -2.14. The largest absolute Gasteiger partial charge is 0.326 e. The van der Waals surface area contributed by atoms with Crippen LogP contribution in [0.15, 0.2) is 59.9 Å². The Morgan fingerprint density at radius 1 is 1.16 bits per heavy atom. The van der Waals surface area contributed by atoms with E-state index in [1.807, 2.05) is 24.3 Å². The summed E-state index contributed by atoms with van der Waals surface area (Å²) in [6, 6.07) is 13.6. The van der Waals surface area contributed by atoms with Crippen LogP contribution in [0.4, 0.5) is 10.1 Å².